The summed E-state index contributed by atoms with van der Waals surface area (Å²) in [6, 6.07) is 8.35. The minimum absolute atomic E-state index is 0.413. The molecule has 2 heterocycles. The van der Waals surface area contributed by atoms with E-state index in [1.807, 2.05) is 12.4 Å². The van der Waals surface area contributed by atoms with Gasteiger partial charge >= 0.3 is 0 Å². The number of pyridine rings is 1. The molecule has 0 spiro atoms. The zero-order valence-electron chi connectivity index (χ0n) is 11.7. The van der Waals surface area contributed by atoms with Crippen LogP contribution in [0.15, 0.2) is 36.7 Å². The lowest BCUT2D eigenvalue weighted by molar-refractivity contribution is 0.274. The Bertz CT molecular complexity index is 581. The maximum absolute atomic E-state index is 5.39. The number of rotatable bonds is 5. The summed E-state index contributed by atoms with van der Waals surface area (Å²) in [5.41, 5.74) is 6.68. The fraction of sp³-hybridized carbons (Fsp3) is 0.312. The average Bonchev–Trinajstić information content (AvgIpc) is 2.93. The van der Waals surface area contributed by atoms with Crippen molar-refractivity contribution in [2.24, 2.45) is 5.73 Å². The Morgan fingerprint density at radius 2 is 2.00 bits per heavy atom. The summed E-state index contributed by atoms with van der Waals surface area (Å²) in [5.74, 6) is 5.98. The Morgan fingerprint density at radius 1 is 1.20 bits per heavy atom. The molecule has 0 unspecified atom stereocenters. The van der Waals surface area contributed by atoms with E-state index in [0.29, 0.717) is 6.54 Å². The molecule has 0 aliphatic heterocycles. The van der Waals surface area contributed by atoms with Crippen LogP contribution in [-0.4, -0.2) is 23.0 Å². The van der Waals surface area contributed by atoms with Crippen LogP contribution in [0.4, 0.5) is 0 Å². The van der Waals surface area contributed by atoms with Crippen molar-refractivity contribution in [3.05, 3.63) is 52.0 Å². The summed E-state index contributed by atoms with van der Waals surface area (Å²) in [6.45, 7) is 5.51. The molecule has 0 saturated heterocycles. The van der Waals surface area contributed by atoms with Gasteiger partial charge < -0.3 is 5.73 Å². The summed E-state index contributed by atoms with van der Waals surface area (Å²) in [7, 11) is 0. The van der Waals surface area contributed by atoms with Crippen molar-refractivity contribution >= 4 is 11.3 Å². The first-order valence-electron chi connectivity index (χ1n) is 6.70. The number of hydrogen-bond acceptors (Lipinski definition) is 4. The van der Waals surface area contributed by atoms with Gasteiger partial charge in [-0.05, 0) is 36.4 Å². The molecule has 3 nitrogen and oxygen atoms in total. The Kier molecular flexibility index (Phi) is 5.75. The predicted molar refractivity (Wildman–Crippen MR) is 84.3 cm³/mol. The molecule has 0 atom stereocenters. The molecule has 0 aliphatic rings. The Balaban J connectivity index is 1.97. The zero-order chi connectivity index (χ0) is 14.2. The van der Waals surface area contributed by atoms with Crippen LogP contribution in [0.2, 0.25) is 0 Å². The first-order chi connectivity index (χ1) is 9.81. The SMILES string of the molecule is CCN(Cc1ccncc1)Cc1ccc(C#CCN)s1. The highest BCUT2D eigenvalue weighted by atomic mass is 32.1. The van der Waals surface area contributed by atoms with Gasteiger partial charge in [0.25, 0.3) is 0 Å². The standard InChI is InChI=1S/C16H19N3S/c1-2-19(12-14-7-10-18-11-8-14)13-16-6-5-15(20-16)4-3-9-17/h5-8,10-11H,2,9,12-13,17H2,1H3. The molecule has 0 aliphatic carbocycles. The van der Waals surface area contributed by atoms with Crippen molar-refractivity contribution in [3.63, 3.8) is 0 Å². The van der Waals surface area contributed by atoms with E-state index in [-0.39, 0.29) is 0 Å². The van der Waals surface area contributed by atoms with E-state index in [1.54, 1.807) is 11.3 Å². The summed E-state index contributed by atoms with van der Waals surface area (Å²) in [5, 5.41) is 0. The molecule has 0 amide bonds. The van der Waals surface area contributed by atoms with Crippen molar-refractivity contribution in [2.45, 2.75) is 20.0 Å². The van der Waals surface area contributed by atoms with Gasteiger partial charge in [-0.25, -0.2) is 0 Å². The first-order valence-corrected chi connectivity index (χ1v) is 7.52. The lowest BCUT2D eigenvalue weighted by Gasteiger charge is -2.19. The number of thiophene rings is 1. The van der Waals surface area contributed by atoms with Gasteiger partial charge in [0, 0.05) is 30.4 Å². The zero-order valence-corrected chi connectivity index (χ0v) is 12.5. The number of hydrogen-bond donors (Lipinski definition) is 1. The molecule has 0 saturated carbocycles. The molecule has 0 aromatic carbocycles. The molecule has 2 aromatic heterocycles. The Labute approximate surface area is 124 Å². The molecule has 0 fully saturated rings. The van der Waals surface area contributed by atoms with Gasteiger partial charge in [-0.15, -0.1) is 11.3 Å². The van der Waals surface area contributed by atoms with Crippen LogP contribution in [0.25, 0.3) is 0 Å². The number of nitrogens with two attached hydrogens (primary N) is 1. The third-order valence-corrected chi connectivity index (χ3v) is 3.94. The van der Waals surface area contributed by atoms with Crippen LogP contribution in [0, 0.1) is 11.8 Å². The third kappa shape index (κ3) is 4.46. The van der Waals surface area contributed by atoms with Crippen molar-refractivity contribution in [1.29, 1.82) is 0 Å². The van der Waals surface area contributed by atoms with Gasteiger partial charge in [0.15, 0.2) is 0 Å². The lowest BCUT2D eigenvalue weighted by Crippen LogP contribution is -2.21. The first kappa shape index (κ1) is 14.7. The smallest absolute Gasteiger partial charge is 0.0772 e. The van der Waals surface area contributed by atoms with Crippen molar-refractivity contribution in [2.75, 3.05) is 13.1 Å². The Morgan fingerprint density at radius 3 is 2.70 bits per heavy atom. The summed E-state index contributed by atoms with van der Waals surface area (Å²) >= 11 is 1.74. The van der Waals surface area contributed by atoms with Gasteiger partial charge in [0.1, 0.15) is 0 Å². The maximum Gasteiger partial charge on any atom is 0.0772 e. The second-order valence-corrected chi connectivity index (χ2v) is 5.60. The molecule has 0 bridgehead atoms. The van der Waals surface area contributed by atoms with Gasteiger partial charge in [-0.1, -0.05) is 18.8 Å². The van der Waals surface area contributed by atoms with Crippen molar-refractivity contribution in [3.8, 4) is 11.8 Å². The van der Waals surface area contributed by atoms with Crippen molar-refractivity contribution in [1.82, 2.24) is 9.88 Å². The van der Waals surface area contributed by atoms with Gasteiger partial charge in [0.2, 0.25) is 0 Å². The van der Waals surface area contributed by atoms with Gasteiger partial charge in [0.05, 0.1) is 11.4 Å². The summed E-state index contributed by atoms with van der Waals surface area (Å²) in [6.07, 6.45) is 3.68. The summed E-state index contributed by atoms with van der Waals surface area (Å²) in [4.78, 5) is 8.88. The normalized spacial score (nSPS) is 10.3. The molecule has 2 aromatic rings. The second-order valence-electron chi connectivity index (χ2n) is 4.43. The molecule has 104 valence electrons. The van der Waals surface area contributed by atoms with E-state index in [9.17, 15) is 0 Å². The monoisotopic (exact) mass is 285 g/mol. The molecule has 20 heavy (non-hydrogen) atoms. The van der Waals surface area contributed by atoms with E-state index in [1.165, 1.54) is 10.4 Å². The third-order valence-electron chi connectivity index (χ3n) is 2.96. The fourth-order valence-electron chi connectivity index (χ4n) is 1.91. The highest BCUT2D eigenvalue weighted by Gasteiger charge is 2.06. The minimum atomic E-state index is 0.413. The van der Waals surface area contributed by atoms with E-state index < -0.39 is 0 Å². The quantitative estimate of drug-likeness (QED) is 0.858. The number of nitrogens with zero attached hydrogens (tertiary/aromatic N) is 2. The largest absolute Gasteiger partial charge is 0.320 e. The number of aromatic nitrogens is 1. The molecule has 2 rings (SSSR count). The molecule has 4 heteroatoms. The van der Waals surface area contributed by atoms with Crippen LogP contribution < -0.4 is 5.73 Å². The highest BCUT2D eigenvalue weighted by Crippen LogP contribution is 2.18. The van der Waals surface area contributed by atoms with E-state index in [2.05, 4.69) is 52.9 Å². The Hall–Kier alpha value is -1.67. The fourth-order valence-corrected chi connectivity index (χ4v) is 2.84. The van der Waals surface area contributed by atoms with Gasteiger partial charge in [-0.2, -0.15) is 0 Å². The second kappa shape index (κ2) is 7.81. The van der Waals surface area contributed by atoms with Gasteiger partial charge in [-0.3, -0.25) is 9.88 Å². The predicted octanol–water partition coefficient (Wildman–Crippen LogP) is 2.48. The molecular formula is C16H19N3S. The topological polar surface area (TPSA) is 42.2 Å². The highest BCUT2D eigenvalue weighted by molar-refractivity contribution is 7.12. The molecule has 0 radical (unpaired) electrons. The van der Waals surface area contributed by atoms with Crippen LogP contribution in [0.5, 0.6) is 0 Å². The maximum atomic E-state index is 5.39. The van der Waals surface area contributed by atoms with Crippen LogP contribution in [0.3, 0.4) is 0 Å². The van der Waals surface area contributed by atoms with E-state index in [0.717, 1.165) is 24.5 Å². The minimum Gasteiger partial charge on any atom is -0.320 e. The van der Waals surface area contributed by atoms with Crippen LogP contribution >= 0.6 is 11.3 Å². The van der Waals surface area contributed by atoms with E-state index in [4.69, 9.17) is 5.73 Å². The summed E-state index contributed by atoms with van der Waals surface area (Å²) < 4.78 is 0. The van der Waals surface area contributed by atoms with Crippen LogP contribution in [-0.2, 0) is 13.1 Å². The van der Waals surface area contributed by atoms with Crippen LogP contribution in [0.1, 0.15) is 22.2 Å². The molecular weight excluding hydrogens is 266 g/mol. The molecule has 2 N–H and O–H groups in total. The van der Waals surface area contributed by atoms with Crippen molar-refractivity contribution < 1.29 is 0 Å². The van der Waals surface area contributed by atoms with E-state index >= 15 is 0 Å². The lowest BCUT2D eigenvalue weighted by atomic mass is 10.2. The average molecular weight is 285 g/mol.